The van der Waals surface area contributed by atoms with Gasteiger partial charge in [0.2, 0.25) is 11.7 Å². The van der Waals surface area contributed by atoms with Gasteiger partial charge in [-0.1, -0.05) is 28.9 Å². The first-order chi connectivity index (χ1) is 13.7. The van der Waals surface area contributed by atoms with Crippen molar-refractivity contribution >= 4 is 5.91 Å². The standard InChI is InChI=1S/C21H19N3O4/c1-15-5-2-6-16(13-15)20-22-19(28-23-20)9-10-24(14-17-7-3-11-26-17)21(25)18-8-4-12-27-18/h2-8,11-13H,9-10,14H2,1H3. The summed E-state index contributed by atoms with van der Waals surface area (Å²) in [6.07, 6.45) is 3.48. The van der Waals surface area contributed by atoms with E-state index in [1.165, 1.54) is 6.26 Å². The maximum absolute atomic E-state index is 12.7. The van der Waals surface area contributed by atoms with Crippen molar-refractivity contribution in [2.24, 2.45) is 0 Å². The van der Waals surface area contributed by atoms with Gasteiger partial charge in [0.05, 0.1) is 19.1 Å². The Labute approximate surface area is 161 Å². The Balaban J connectivity index is 1.47. The van der Waals surface area contributed by atoms with Gasteiger partial charge in [-0.25, -0.2) is 0 Å². The van der Waals surface area contributed by atoms with Crippen LogP contribution in [0.15, 0.2) is 74.4 Å². The number of furan rings is 2. The highest BCUT2D eigenvalue weighted by Crippen LogP contribution is 2.18. The van der Waals surface area contributed by atoms with E-state index in [4.69, 9.17) is 13.4 Å². The van der Waals surface area contributed by atoms with Crippen molar-refractivity contribution in [2.75, 3.05) is 6.54 Å². The van der Waals surface area contributed by atoms with Gasteiger partial charge in [-0.2, -0.15) is 4.98 Å². The second-order valence-electron chi connectivity index (χ2n) is 6.41. The average Bonchev–Trinajstić information content (AvgIpc) is 3.47. The van der Waals surface area contributed by atoms with Crippen LogP contribution in [0.5, 0.6) is 0 Å². The molecule has 0 atom stereocenters. The Bertz CT molecular complexity index is 1040. The van der Waals surface area contributed by atoms with E-state index in [-0.39, 0.29) is 11.7 Å². The molecule has 1 amide bonds. The second-order valence-corrected chi connectivity index (χ2v) is 6.41. The number of carbonyl (C=O) groups is 1. The molecule has 7 nitrogen and oxygen atoms in total. The predicted octanol–water partition coefficient (Wildman–Crippen LogP) is 4.12. The number of amides is 1. The van der Waals surface area contributed by atoms with Crippen molar-refractivity contribution in [1.82, 2.24) is 15.0 Å². The van der Waals surface area contributed by atoms with Crippen LogP contribution in [0.1, 0.15) is 27.8 Å². The van der Waals surface area contributed by atoms with Gasteiger partial charge < -0.3 is 18.3 Å². The Morgan fingerprint density at radius 3 is 2.68 bits per heavy atom. The van der Waals surface area contributed by atoms with Crippen LogP contribution in [0.4, 0.5) is 0 Å². The molecule has 0 fully saturated rings. The third kappa shape index (κ3) is 4.03. The first kappa shape index (κ1) is 17.8. The van der Waals surface area contributed by atoms with Crippen molar-refractivity contribution < 1.29 is 18.2 Å². The number of aryl methyl sites for hydroxylation is 1. The van der Waals surface area contributed by atoms with Crippen molar-refractivity contribution in [2.45, 2.75) is 19.9 Å². The summed E-state index contributed by atoms with van der Waals surface area (Å²) >= 11 is 0. The van der Waals surface area contributed by atoms with Gasteiger partial charge in [-0.3, -0.25) is 4.79 Å². The van der Waals surface area contributed by atoms with Gasteiger partial charge in [0.25, 0.3) is 5.91 Å². The summed E-state index contributed by atoms with van der Waals surface area (Å²) in [5.74, 6) is 1.74. The summed E-state index contributed by atoms with van der Waals surface area (Å²) in [5.41, 5.74) is 2.02. The minimum atomic E-state index is -0.222. The summed E-state index contributed by atoms with van der Waals surface area (Å²) in [7, 11) is 0. The molecule has 0 unspecified atom stereocenters. The SMILES string of the molecule is Cc1cccc(-c2noc(CCN(Cc3ccco3)C(=O)c3ccco3)n2)c1. The molecule has 4 aromatic rings. The molecule has 28 heavy (non-hydrogen) atoms. The van der Waals surface area contributed by atoms with Crippen LogP contribution in [0, 0.1) is 6.92 Å². The second kappa shape index (κ2) is 7.96. The zero-order valence-corrected chi connectivity index (χ0v) is 15.4. The molecule has 4 rings (SSSR count). The lowest BCUT2D eigenvalue weighted by molar-refractivity contribution is 0.0697. The van der Waals surface area contributed by atoms with E-state index in [1.54, 1.807) is 29.4 Å². The molecule has 142 valence electrons. The lowest BCUT2D eigenvalue weighted by Gasteiger charge is -2.19. The topological polar surface area (TPSA) is 85.5 Å². The van der Waals surface area contributed by atoms with E-state index < -0.39 is 0 Å². The lowest BCUT2D eigenvalue weighted by Crippen LogP contribution is -2.32. The van der Waals surface area contributed by atoms with Crippen LogP contribution in [0.25, 0.3) is 11.4 Å². The number of nitrogens with zero attached hydrogens (tertiary/aromatic N) is 3. The van der Waals surface area contributed by atoms with Crippen molar-refractivity contribution in [3.05, 3.63) is 84.0 Å². The molecule has 3 aromatic heterocycles. The first-order valence-electron chi connectivity index (χ1n) is 8.94. The fraction of sp³-hybridized carbons (Fsp3) is 0.190. The maximum Gasteiger partial charge on any atom is 0.289 e. The molecule has 0 aliphatic carbocycles. The van der Waals surface area contributed by atoms with Gasteiger partial charge in [0.15, 0.2) is 5.76 Å². The summed E-state index contributed by atoms with van der Waals surface area (Å²) in [4.78, 5) is 18.8. The fourth-order valence-corrected chi connectivity index (χ4v) is 2.89. The average molecular weight is 377 g/mol. The zero-order chi connectivity index (χ0) is 19.3. The molecule has 0 N–H and O–H groups in total. The lowest BCUT2D eigenvalue weighted by atomic mass is 10.1. The van der Waals surface area contributed by atoms with Crippen LogP contribution in [-0.4, -0.2) is 27.5 Å². The van der Waals surface area contributed by atoms with E-state index in [2.05, 4.69) is 10.1 Å². The van der Waals surface area contributed by atoms with Gasteiger partial charge in [-0.15, -0.1) is 0 Å². The Morgan fingerprint density at radius 2 is 1.93 bits per heavy atom. The van der Waals surface area contributed by atoms with Crippen LogP contribution >= 0.6 is 0 Å². The van der Waals surface area contributed by atoms with Crippen LogP contribution < -0.4 is 0 Å². The Kier molecular flexibility index (Phi) is 5.05. The third-order valence-corrected chi connectivity index (χ3v) is 4.29. The zero-order valence-electron chi connectivity index (χ0n) is 15.4. The van der Waals surface area contributed by atoms with Crippen molar-refractivity contribution in [3.8, 4) is 11.4 Å². The fourth-order valence-electron chi connectivity index (χ4n) is 2.89. The molecule has 3 heterocycles. The Hall–Kier alpha value is -3.61. The summed E-state index contributed by atoms with van der Waals surface area (Å²) in [6.45, 7) is 2.72. The van der Waals surface area contributed by atoms with Crippen molar-refractivity contribution in [1.29, 1.82) is 0 Å². The summed E-state index contributed by atoms with van der Waals surface area (Å²) < 4.78 is 16.0. The largest absolute Gasteiger partial charge is 0.467 e. The van der Waals surface area contributed by atoms with Crippen LogP contribution in [0.3, 0.4) is 0 Å². The number of aromatic nitrogens is 2. The highest BCUT2D eigenvalue weighted by atomic mass is 16.5. The van der Waals surface area contributed by atoms with E-state index in [0.717, 1.165) is 11.1 Å². The maximum atomic E-state index is 12.7. The third-order valence-electron chi connectivity index (χ3n) is 4.29. The highest BCUT2D eigenvalue weighted by Gasteiger charge is 2.21. The smallest absolute Gasteiger partial charge is 0.289 e. The molecular formula is C21H19N3O4. The van der Waals surface area contributed by atoms with E-state index in [1.807, 2.05) is 37.3 Å². The quantitative estimate of drug-likeness (QED) is 0.482. The predicted molar refractivity (Wildman–Crippen MR) is 100 cm³/mol. The van der Waals surface area contributed by atoms with Crippen LogP contribution in [0.2, 0.25) is 0 Å². The molecule has 0 spiro atoms. The van der Waals surface area contributed by atoms with E-state index >= 15 is 0 Å². The molecule has 0 saturated heterocycles. The minimum absolute atomic E-state index is 0.222. The van der Waals surface area contributed by atoms with Gasteiger partial charge in [0.1, 0.15) is 5.76 Å². The van der Waals surface area contributed by atoms with E-state index in [9.17, 15) is 4.79 Å². The number of benzene rings is 1. The molecule has 7 heteroatoms. The van der Waals surface area contributed by atoms with Gasteiger partial charge in [-0.05, 0) is 37.3 Å². The normalized spacial score (nSPS) is 10.9. The molecule has 0 radical (unpaired) electrons. The summed E-state index contributed by atoms with van der Waals surface area (Å²) in [5, 5.41) is 4.05. The Morgan fingerprint density at radius 1 is 1.07 bits per heavy atom. The molecule has 0 aliphatic rings. The summed E-state index contributed by atoms with van der Waals surface area (Å²) in [6, 6.07) is 14.8. The number of carbonyl (C=O) groups excluding carboxylic acids is 1. The number of hydrogen-bond donors (Lipinski definition) is 0. The number of hydrogen-bond acceptors (Lipinski definition) is 6. The highest BCUT2D eigenvalue weighted by molar-refractivity contribution is 5.91. The van der Waals surface area contributed by atoms with Gasteiger partial charge in [0, 0.05) is 18.5 Å². The van der Waals surface area contributed by atoms with Gasteiger partial charge >= 0.3 is 0 Å². The molecule has 1 aromatic carbocycles. The van der Waals surface area contributed by atoms with Crippen molar-refractivity contribution in [3.63, 3.8) is 0 Å². The van der Waals surface area contributed by atoms with E-state index in [0.29, 0.717) is 37.0 Å². The molecule has 0 saturated carbocycles. The molecule has 0 bridgehead atoms. The van der Waals surface area contributed by atoms with Crippen LogP contribution in [-0.2, 0) is 13.0 Å². The first-order valence-corrected chi connectivity index (χ1v) is 8.94. The number of rotatable bonds is 7. The monoisotopic (exact) mass is 377 g/mol. The minimum Gasteiger partial charge on any atom is -0.467 e. The molecular weight excluding hydrogens is 358 g/mol. The molecule has 0 aliphatic heterocycles.